The molecule has 0 aliphatic rings. The van der Waals surface area contributed by atoms with Crippen molar-refractivity contribution in [3.8, 4) is 0 Å². The van der Waals surface area contributed by atoms with Gasteiger partial charge in [0.05, 0.1) is 6.61 Å². The molecule has 0 aromatic carbocycles. The zero-order chi connectivity index (χ0) is 26.4. The van der Waals surface area contributed by atoms with Crippen LogP contribution in [-0.2, 0) is 9.47 Å². The third-order valence-corrected chi connectivity index (χ3v) is 6.88. The lowest BCUT2D eigenvalue weighted by Gasteiger charge is -2.24. The standard InChI is InChI=1S/C33H65NO2/c1-5-7-9-11-13-14-15-16-17-18-19-20-21-22-23-24-26-28-31-36-33(34(3)4)29-32-35-30-27-25-12-10-8-6-2/h13-14,16-17,33H,5-12,15,18-32H2,1-4H3/b14-13-,17-16-. The summed E-state index contributed by atoms with van der Waals surface area (Å²) < 4.78 is 12.0. The minimum Gasteiger partial charge on any atom is -0.381 e. The van der Waals surface area contributed by atoms with Crippen molar-refractivity contribution in [3.05, 3.63) is 24.3 Å². The molecule has 0 radical (unpaired) electrons. The van der Waals surface area contributed by atoms with Crippen molar-refractivity contribution < 1.29 is 9.47 Å². The van der Waals surface area contributed by atoms with E-state index in [1.54, 1.807) is 0 Å². The predicted octanol–water partition coefficient (Wildman–Crippen LogP) is 10.3. The van der Waals surface area contributed by atoms with Crippen LogP contribution < -0.4 is 0 Å². The number of hydrogen-bond acceptors (Lipinski definition) is 3. The highest BCUT2D eigenvalue weighted by Crippen LogP contribution is 2.12. The van der Waals surface area contributed by atoms with E-state index in [1.165, 1.54) is 122 Å². The van der Waals surface area contributed by atoms with Gasteiger partial charge in [-0.25, -0.2) is 0 Å². The van der Waals surface area contributed by atoms with Gasteiger partial charge in [0.25, 0.3) is 0 Å². The number of allylic oxidation sites excluding steroid dienone is 4. The Morgan fingerprint density at radius 1 is 0.528 bits per heavy atom. The van der Waals surface area contributed by atoms with Gasteiger partial charge >= 0.3 is 0 Å². The molecule has 0 aliphatic carbocycles. The van der Waals surface area contributed by atoms with Crippen LogP contribution in [0.3, 0.4) is 0 Å². The Morgan fingerprint density at radius 2 is 1.00 bits per heavy atom. The van der Waals surface area contributed by atoms with E-state index in [9.17, 15) is 0 Å². The first-order chi connectivity index (χ1) is 17.7. The first-order valence-electron chi connectivity index (χ1n) is 15.9. The Labute approximate surface area is 227 Å². The van der Waals surface area contributed by atoms with Gasteiger partial charge in [0.2, 0.25) is 0 Å². The van der Waals surface area contributed by atoms with E-state index in [-0.39, 0.29) is 6.23 Å². The lowest BCUT2D eigenvalue weighted by atomic mass is 10.1. The Hall–Kier alpha value is -0.640. The molecule has 0 aliphatic heterocycles. The van der Waals surface area contributed by atoms with Crippen LogP contribution in [0, 0.1) is 0 Å². The summed E-state index contributed by atoms with van der Waals surface area (Å²) in [6.07, 6.45) is 36.8. The third kappa shape index (κ3) is 27.9. The van der Waals surface area contributed by atoms with Crippen LogP contribution in [0.25, 0.3) is 0 Å². The fourth-order valence-corrected chi connectivity index (χ4v) is 4.42. The number of nitrogens with zero attached hydrogens (tertiary/aromatic N) is 1. The lowest BCUT2D eigenvalue weighted by molar-refractivity contribution is -0.0560. The molecule has 0 rings (SSSR count). The van der Waals surface area contributed by atoms with Crippen LogP contribution in [0.5, 0.6) is 0 Å². The topological polar surface area (TPSA) is 21.7 Å². The Kier molecular flexibility index (Phi) is 30.0. The average molecular weight is 508 g/mol. The smallest absolute Gasteiger partial charge is 0.112 e. The molecule has 0 amide bonds. The Morgan fingerprint density at radius 3 is 1.58 bits per heavy atom. The number of ether oxygens (including phenoxy) is 2. The van der Waals surface area contributed by atoms with Gasteiger partial charge < -0.3 is 9.47 Å². The van der Waals surface area contributed by atoms with Crippen LogP contribution in [-0.4, -0.2) is 45.0 Å². The molecule has 0 spiro atoms. The van der Waals surface area contributed by atoms with E-state index in [0.717, 1.165) is 32.7 Å². The van der Waals surface area contributed by atoms with E-state index in [2.05, 4.69) is 57.1 Å². The molecular weight excluding hydrogens is 442 g/mol. The van der Waals surface area contributed by atoms with Crippen LogP contribution in [0.4, 0.5) is 0 Å². The number of unbranched alkanes of at least 4 members (excludes halogenated alkanes) is 16. The summed E-state index contributed by atoms with van der Waals surface area (Å²) in [7, 11) is 4.22. The van der Waals surface area contributed by atoms with Crippen molar-refractivity contribution in [2.45, 2.75) is 155 Å². The summed E-state index contributed by atoms with van der Waals surface area (Å²) in [5, 5.41) is 0. The maximum atomic E-state index is 6.14. The summed E-state index contributed by atoms with van der Waals surface area (Å²) >= 11 is 0. The summed E-state index contributed by atoms with van der Waals surface area (Å²) in [5.41, 5.74) is 0. The van der Waals surface area contributed by atoms with Crippen LogP contribution in [0.1, 0.15) is 149 Å². The van der Waals surface area contributed by atoms with Crippen molar-refractivity contribution in [1.29, 1.82) is 0 Å². The van der Waals surface area contributed by atoms with Gasteiger partial charge in [-0.15, -0.1) is 0 Å². The molecular formula is C33H65NO2. The van der Waals surface area contributed by atoms with E-state index in [0.29, 0.717) is 0 Å². The van der Waals surface area contributed by atoms with E-state index in [4.69, 9.17) is 9.47 Å². The highest BCUT2D eigenvalue weighted by Gasteiger charge is 2.11. The first kappa shape index (κ1) is 35.4. The SMILES string of the molecule is CCCCC/C=C\C/C=C\CCCCCCCCCCOC(CCOCCCCCCCC)N(C)C. The molecule has 0 bridgehead atoms. The largest absolute Gasteiger partial charge is 0.381 e. The molecule has 0 aromatic rings. The van der Waals surface area contributed by atoms with E-state index >= 15 is 0 Å². The first-order valence-corrected chi connectivity index (χ1v) is 15.9. The molecule has 0 N–H and O–H groups in total. The minimum atomic E-state index is 0.186. The Bertz CT molecular complexity index is 461. The molecule has 3 heteroatoms. The normalized spacial score (nSPS) is 13.0. The predicted molar refractivity (Wildman–Crippen MR) is 161 cm³/mol. The molecule has 214 valence electrons. The second-order valence-electron chi connectivity index (χ2n) is 10.7. The fourth-order valence-electron chi connectivity index (χ4n) is 4.42. The van der Waals surface area contributed by atoms with Crippen molar-refractivity contribution in [2.24, 2.45) is 0 Å². The molecule has 1 unspecified atom stereocenters. The second kappa shape index (κ2) is 30.6. The quantitative estimate of drug-likeness (QED) is 0.0571. The third-order valence-electron chi connectivity index (χ3n) is 6.88. The minimum absolute atomic E-state index is 0.186. The molecule has 0 saturated carbocycles. The molecule has 0 aromatic heterocycles. The number of rotatable bonds is 29. The van der Waals surface area contributed by atoms with Gasteiger partial charge in [-0.05, 0) is 59.0 Å². The molecule has 36 heavy (non-hydrogen) atoms. The average Bonchev–Trinajstić information content (AvgIpc) is 2.87. The van der Waals surface area contributed by atoms with Crippen LogP contribution in [0.2, 0.25) is 0 Å². The molecule has 0 saturated heterocycles. The Balaban J connectivity index is 3.43. The van der Waals surface area contributed by atoms with Crippen molar-refractivity contribution in [1.82, 2.24) is 4.90 Å². The van der Waals surface area contributed by atoms with Crippen LogP contribution >= 0.6 is 0 Å². The van der Waals surface area contributed by atoms with Gasteiger partial charge in [0.1, 0.15) is 6.23 Å². The van der Waals surface area contributed by atoms with Gasteiger partial charge in [-0.2, -0.15) is 0 Å². The van der Waals surface area contributed by atoms with Crippen LogP contribution in [0.15, 0.2) is 24.3 Å². The summed E-state index contributed by atoms with van der Waals surface area (Å²) in [6, 6.07) is 0. The molecule has 3 nitrogen and oxygen atoms in total. The van der Waals surface area contributed by atoms with Gasteiger partial charge in [-0.1, -0.05) is 122 Å². The zero-order valence-electron chi connectivity index (χ0n) is 25.1. The van der Waals surface area contributed by atoms with Gasteiger partial charge in [0.15, 0.2) is 0 Å². The maximum Gasteiger partial charge on any atom is 0.112 e. The molecule has 0 fully saturated rings. The summed E-state index contributed by atoms with van der Waals surface area (Å²) in [5.74, 6) is 0. The van der Waals surface area contributed by atoms with E-state index < -0.39 is 0 Å². The number of hydrogen-bond donors (Lipinski definition) is 0. The van der Waals surface area contributed by atoms with E-state index in [1.807, 2.05) is 0 Å². The van der Waals surface area contributed by atoms with Crippen molar-refractivity contribution in [2.75, 3.05) is 33.9 Å². The highest BCUT2D eigenvalue weighted by atomic mass is 16.5. The van der Waals surface area contributed by atoms with Crippen molar-refractivity contribution >= 4 is 0 Å². The molecule has 1 atom stereocenters. The zero-order valence-corrected chi connectivity index (χ0v) is 25.1. The van der Waals surface area contributed by atoms with Gasteiger partial charge in [0, 0.05) is 19.6 Å². The van der Waals surface area contributed by atoms with Gasteiger partial charge in [-0.3, -0.25) is 4.90 Å². The lowest BCUT2D eigenvalue weighted by Crippen LogP contribution is -2.32. The highest BCUT2D eigenvalue weighted by molar-refractivity contribution is 4.92. The maximum absolute atomic E-state index is 6.14. The van der Waals surface area contributed by atoms with Crippen molar-refractivity contribution in [3.63, 3.8) is 0 Å². The molecule has 0 heterocycles. The second-order valence-corrected chi connectivity index (χ2v) is 10.7. The monoisotopic (exact) mass is 508 g/mol. The summed E-state index contributed by atoms with van der Waals surface area (Å²) in [4.78, 5) is 2.19. The fraction of sp³-hybridized carbons (Fsp3) is 0.879. The summed E-state index contributed by atoms with van der Waals surface area (Å²) in [6.45, 7) is 7.12.